The summed E-state index contributed by atoms with van der Waals surface area (Å²) in [5.74, 6) is -0.486. The van der Waals surface area contributed by atoms with E-state index in [1.165, 1.54) is 6.47 Å². The molecular weight excluding hydrogens is 184 g/mol. The van der Waals surface area contributed by atoms with Crippen LogP contribution < -0.4 is 0 Å². The Bertz CT molecular complexity index is 294. The molecule has 0 amide bonds. The molecule has 1 aromatic rings. The fourth-order valence-corrected chi connectivity index (χ4v) is 0.816. The van der Waals surface area contributed by atoms with Gasteiger partial charge in [0.1, 0.15) is 13.2 Å². The Kier molecular flexibility index (Phi) is 4.20. The fourth-order valence-electron chi connectivity index (χ4n) is 0.816. The summed E-state index contributed by atoms with van der Waals surface area (Å²) in [7, 11) is 0. The van der Waals surface area contributed by atoms with E-state index >= 15 is 0 Å². The first-order valence-electron chi connectivity index (χ1n) is 3.97. The van der Waals surface area contributed by atoms with Crippen molar-refractivity contribution in [3.63, 3.8) is 0 Å². The van der Waals surface area contributed by atoms with Gasteiger partial charge < -0.3 is 9.47 Å². The zero-order valence-corrected chi connectivity index (χ0v) is 7.36. The van der Waals surface area contributed by atoms with E-state index in [2.05, 4.69) is 10.8 Å². The van der Waals surface area contributed by atoms with Gasteiger partial charge in [0, 0.05) is 0 Å². The standard InChI is InChI=1S/C10H8O4/c11-8-13-6-7-14-10(12)9-4-2-1-3-5-9/h1-4H,6-7H2. The van der Waals surface area contributed by atoms with Gasteiger partial charge in [-0.3, -0.25) is 0 Å². The second kappa shape index (κ2) is 5.75. The molecule has 0 N–H and O–H groups in total. The van der Waals surface area contributed by atoms with Gasteiger partial charge >= 0.3 is 12.4 Å². The molecule has 1 rings (SSSR count). The maximum Gasteiger partial charge on any atom is 0.417 e. The third kappa shape index (κ3) is 3.26. The first-order chi connectivity index (χ1) is 6.84. The van der Waals surface area contributed by atoms with Crippen molar-refractivity contribution in [3.8, 4) is 0 Å². The zero-order valence-electron chi connectivity index (χ0n) is 7.36. The van der Waals surface area contributed by atoms with Crippen molar-refractivity contribution < 1.29 is 19.1 Å². The molecule has 0 saturated carbocycles. The third-order valence-electron chi connectivity index (χ3n) is 1.41. The summed E-state index contributed by atoms with van der Waals surface area (Å²) in [6.07, 6.45) is 0. The number of rotatable bonds is 5. The van der Waals surface area contributed by atoms with Gasteiger partial charge in [0.2, 0.25) is 0 Å². The van der Waals surface area contributed by atoms with Gasteiger partial charge in [0.05, 0.1) is 5.56 Å². The molecule has 0 unspecified atom stereocenters. The smallest absolute Gasteiger partial charge is 0.417 e. The monoisotopic (exact) mass is 192 g/mol. The van der Waals surface area contributed by atoms with E-state index < -0.39 is 5.97 Å². The highest BCUT2D eigenvalue weighted by molar-refractivity contribution is 5.88. The Morgan fingerprint density at radius 3 is 2.93 bits per heavy atom. The molecule has 0 heterocycles. The number of carbonyl (C=O) groups excluding carboxylic acids is 2. The molecule has 0 aliphatic heterocycles. The normalized spacial score (nSPS) is 9.14. The summed E-state index contributed by atoms with van der Waals surface area (Å²) >= 11 is 0. The van der Waals surface area contributed by atoms with E-state index in [0.717, 1.165) is 0 Å². The van der Waals surface area contributed by atoms with Crippen LogP contribution in [0.3, 0.4) is 0 Å². The van der Waals surface area contributed by atoms with E-state index in [0.29, 0.717) is 5.56 Å². The first-order valence-corrected chi connectivity index (χ1v) is 3.97. The highest BCUT2D eigenvalue weighted by Gasteiger charge is 2.05. The van der Waals surface area contributed by atoms with E-state index in [1.807, 2.05) is 0 Å². The van der Waals surface area contributed by atoms with Crippen LogP contribution in [0.15, 0.2) is 24.3 Å². The Balaban J connectivity index is 2.32. The maximum absolute atomic E-state index is 11.2. The minimum atomic E-state index is -0.486. The maximum atomic E-state index is 11.2. The largest absolute Gasteiger partial charge is 0.458 e. The molecule has 0 aromatic heterocycles. The quantitative estimate of drug-likeness (QED) is 0.509. The molecule has 0 fully saturated rings. The van der Waals surface area contributed by atoms with Gasteiger partial charge in [0.15, 0.2) is 0 Å². The number of benzene rings is 1. The molecule has 0 bridgehead atoms. The minimum absolute atomic E-state index is 0.0159. The Hall–Kier alpha value is -1.84. The number of carbonyl (C=O) groups is 1. The SMILES string of the molecule is O=[C]OCCOC(=O)c1[c]cccc1. The van der Waals surface area contributed by atoms with E-state index in [4.69, 9.17) is 4.74 Å². The van der Waals surface area contributed by atoms with Crippen molar-refractivity contribution in [1.29, 1.82) is 0 Å². The van der Waals surface area contributed by atoms with Crippen LogP contribution >= 0.6 is 0 Å². The highest BCUT2D eigenvalue weighted by Crippen LogP contribution is 1.99. The molecule has 0 aliphatic rings. The number of ether oxygens (including phenoxy) is 2. The molecular formula is C10H8O4. The molecule has 72 valence electrons. The Morgan fingerprint density at radius 1 is 1.43 bits per heavy atom. The van der Waals surface area contributed by atoms with Crippen molar-refractivity contribution in [2.24, 2.45) is 0 Å². The van der Waals surface area contributed by atoms with Crippen LogP contribution in [-0.4, -0.2) is 25.7 Å². The summed E-state index contributed by atoms with van der Waals surface area (Å²) in [5.41, 5.74) is 0.350. The first kappa shape index (κ1) is 10.2. The van der Waals surface area contributed by atoms with Crippen molar-refractivity contribution in [3.05, 3.63) is 35.9 Å². The van der Waals surface area contributed by atoms with Gasteiger partial charge in [-0.1, -0.05) is 18.2 Å². The van der Waals surface area contributed by atoms with Gasteiger partial charge in [-0.2, -0.15) is 0 Å². The Labute approximate surface area is 81.4 Å². The van der Waals surface area contributed by atoms with Crippen molar-refractivity contribution >= 4 is 12.4 Å². The molecule has 0 aliphatic carbocycles. The number of hydrogen-bond acceptors (Lipinski definition) is 4. The predicted octanol–water partition coefficient (Wildman–Crippen LogP) is 0.727. The van der Waals surface area contributed by atoms with Crippen LogP contribution in [0.1, 0.15) is 10.4 Å². The van der Waals surface area contributed by atoms with Crippen molar-refractivity contribution in [2.75, 3.05) is 13.2 Å². The summed E-state index contributed by atoms with van der Waals surface area (Å²) in [4.78, 5) is 20.8. The van der Waals surface area contributed by atoms with Crippen molar-refractivity contribution in [2.45, 2.75) is 0 Å². The summed E-state index contributed by atoms with van der Waals surface area (Å²) in [6.45, 7) is 1.27. The van der Waals surface area contributed by atoms with Gasteiger partial charge in [-0.05, 0) is 12.1 Å². The molecule has 1 aromatic carbocycles. The summed E-state index contributed by atoms with van der Waals surface area (Å²) in [5, 5.41) is 0. The lowest BCUT2D eigenvalue weighted by atomic mass is 10.2. The van der Waals surface area contributed by atoms with Crippen LogP contribution in [0.2, 0.25) is 0 Å². The highest BCUT2D eigenvalue weighted by atomic mass is 16.6. The van der Waals surface area contributed by atoms with Gasteiger partial charge in [0.25, 0.3) is 0 Å². The average molecular weight is 192 g/mol. The second-order valence-electron chi connectivity index (χ2n) is 2.34. The van der Waals surface area contributed by atoms with Gasteiger partial charge in [-0.25, -0.2) is 9.59 Å². The van der Waals surface area contributed by atoms with E-state index in [-0.39, 0.29) is 13.2 Å². The van der Waals surface area contributed by atoms with E-state index in [9.17, 15) is 9.59 Å². The molecule has 14 heavy (non-hydrogen) atoms. The predicted molar refractivity (Wildman–Crippen MR) is 47.2 cm³/mol. The lowest BCUT2D eigenvalue weighted by Gasteiger charge is -2.02. The van der Waals surface area contributed by atoms with Crippen molar-refractivity contribution in [1.82, 2.24) is 0 Å². The minimum Gasteiger partial charge on any atom is -0.458 e. The molecule has 2 radical (unpaired) electrons. The number of hydrogen-bond donors (Lipinski definition) is 0. The molecule has 4 heteroatoms. The molecule has 0 saturated heterocycles. The summed E-state index contributed by atoms with van der Waals surface area (Å²) < 4.78 is 8.98. The van der Waals surface area contributed by atoms with E-state index in [1.54, 1.807) is 24.3 Å². The molecule has 0 atom stereocenters. The zero-order chi connectivity index (χ0) is 10.2. The lowest BCUT2D eigenvalue weighted by molar-refractivity contribution is 0.0440. The average Bonchev–Trinajstić information content (AvgIpc) is 2.25. The van der Waals surface area contributed by atoms with Crippen LogP contribution in [0.25, 0.3) is 0 Å². The van der Waals surface area contributed by atoms with Crippen LogP contribution in [-0.2, 0) is 14.3 Å². The number of esters is 1. The van der Waals surface area contributed by atoms with Crippen LogP contribution in [0, 0.1) is 6.07 Å². The summed E-state index contributed by atoms with van der Waals surface area (Å²) in [6, 6.07) is 9.39. The lowest BCUT2D eigenvalue weighted by Crippen LogP contribution is -2.10. The van der Waals surface area contributed by atoms with Gasteiger partial charge in [-0.15, -0.1) is 0 Å². The fraction of sp³-hybridized carbons (Fsp3) is 0.200. The third-order valence-corrected chi connectivity index (χ3v) is 1.41. The Morgan fingerprint density at radius 2 is 2.29 bits per heavy atom. The van der Waals surface area contributed by atoms with Crippen LogP contribution in [0.5, 0.6) is 0 Å². The second-order valence-corrected chi connectivity index (χ2v) is 2.34. The topological polar surface area (TPSA) is 52.6 Å². The molecule has 0 spiro atoms. The molecule has 4 nitrogen and oxygen atoms in total. The van der Waals surface area contributed by atoms with Crippen LogP contribution in [0.4, 0.5) is 0 Å².